The van der Waals surface area contributed by atoms with E-state index in [1.54, 1.807) is 0 Å². The highest BCUT2D eigenvalue weighted by Gasteiger charge is 2.22. The summed E-state index contributed by atoms with van der Waals surface area (Å²) in [6.45, 7) is 1.63. The van der Waals surface area contributed by atoms with Crippen molar-refractivity contribution in [2.75, 3.05) is 4.90 Å². The minimum Gasteiger partial charge on any atom is -0.363 e. The predicted octanol–water partition coefficient (Wildman–Crippen LogP) is 11.8. The Morgan fingerprint density at radius 2 is 0.923 bits per heavy atom. The van der Waals surface area contributed by atoms with E-state index >= 15 is 0 Å². The Morgan fingerprint density at radius 3 is 1.52 bits per heavy atom. The van der Waals surface area contributed by atoms with Crippen LogP contribution in [0.5, 0.6) is 0 Å². The van der Waals surface area contributed by atoms with Crippen molar-refractivity contribution >= 4 is 27.5 Å². The van der Waals surface area contributed by atoms with Gasteiger partial charge in [-0.15, -0.1) is 0 Å². The summed E-state index contributed by atoms with van der Waals surface area (Å²) in [5.41, 5.74) is 16.7. The number of aromatic nitrogens is 3. The Labute approximate surface area is 302 Å². The summed E-state index contributed by atoms with van der Waals surface area (Å²) in [5.74, 6) is 0. The molecule has 0 N–H and O–H groups in total. The first-order valence-corrected chi connectivity index (χ1v) is 17.8. The first kappa shape index (κ1) is 30.1. The zero-order valence-electron chi connectivity index (χ0n) is 28.5. The topological polar surface area (TPSA) is 34.0 Å². The van der Waals surface area contributed by atoms with Gasteiger partial charge in [-0.1, -0.05) is 84.9 Å². The smallest absolute Gasteiger partial charge is 0.0541 e. The largest absolute Gasteiger partial charge is 0.363 e. The van der Waals surface area contributed by atoms with Crippen LogP contribution in [0.2, 0.25) is 0 Å². The van der Waals surface area contributed by atoms with Crippen LogP contribution in [0.3, 0.4) is 0 Å². The van der Waals surface area contributed by atoms with Crippen molar-refractivity contribution in [2.24, 2.45) is 0 Å². The second-order valence-electron chi connectivity index (χ2n) is 13.6. The summed E-state index contributed by atoms with van der Waals surface area (Å²) in [7, 11) is 0. The lowest BCUT2D eigenvalue weighted by molar-refractivity contribution is 0.812. The van der Waals surface area contributed by atoms with Crippen LogP contribution < -0.4 is 4.90 Å². The zero-order chi connectivity index (χ0) is 34.4. The Balaban J connectivity index is 1.18. The van der Waals surface area contributed by atoms with E-state index in [-0.39, 0.29) is 0 Å². The van der Waals surface area contributed by atoms with Crippen molar-refractivity contribution in [1.82, 2.24) is 14.5 Å². The molecule has 0 radical (unpaired) electrons. The molecule has 4 heterocycles. The molecular weight excluding hydrogens is 633 g/mol. The number of fused-ring (bicyclic) bond motifs is 6. The third kappa shape index (κ3) is 5.24. The maximum absolute atomic E-state index is 4.44. The van der Waals surface area contributed by atoms with Gasteiger partial charge in [0.15, 0.2) is 0 Å². The average Bonchev–Trinajstić information content (AvgIpc) is 3.46. The van der Waals surface area contributed by atoms with E-state index in [1.165, 1.54) is 55.3 Å². The third-order valence-electron chi connectivity index (χ3n) is 10.4. The van der Waals surface area contributed by atoms with Gasteiger partial charge in [0.2, 0.25) is 0 Å². The van der Waals surface area contributed by atoms with E-state index in [4.69, 9.17) is 0 Å². The van der Waals surface area contributed by atoms with Gasteiger partial charge in [0.05, 0.1) is 11.0 Å². The van der Waals surface area contributed by atoms with Crippen LogP contribution >= 0.6 is 0 Å². The SMILES string of the molecule is c1ccc(N2Cc3ccc(-c4cc(-c5cccnc5)cc(-c5cccnc5)c4)cc3-c3cc(-n4c5ccccc5c5ccccc54)ccc3C2)cc1. The number of para-hydroxylation sites is 3. The highest BCUT2D eigenvalue weighted by atomic mass is 15.1. The maximum Gasteiger partial charge on any atom is 0.0541 e. The van der Waals surface area contributed by atoms with Crippen LogP contribution in [-0.4, -0.2) is 14.5 Å². The third-order valence-corrected chi connectivity index (χ3v) is 10.4. The minimum atomic E-state index is 0.815. The Morgan fingerprint density at radius 1 is 0.385 bits per heavy atom. The van der Waals surface area contributed by atoms with Crippen molar-refractivity contribution in [2.45, 2.75) is 13.1 Å². The molecule has 0 amide bonds. The molecule has 0 aliphatic carbocycles. The molecule has 10 rings (SSSR count). The molecule has 0 atom stereocenters. The summed E-state index contributed by atoms with van der Waals surface area (Å²) in [5, 5.41) is 2.54. The van der Waals surface area contributed by atoms with E-state index in [9.17, 15) is 0 Å². The number of hydrogen-bond donors (Lipinski definition) is 0. The number of nitrogens with zero attached hydrogens (tertiary/aromatic N) is 4. The molecule has 6 aromatic carbocycles. The molecule has 52 heavy (non-hydrogen) atoms. The summed E-state index contributed by atoms with van der Waals surface area (Å²) < 4.78 is 2.42. The van der Waals surface area contributed by atoms with E-state index in [0.29, 0.717) is 0 Å². The lowest BCUT2D eigenvalue weighted by Crippen LogP contribution is -2.20. The maximum atomic E-state index is 4.44. The number of pyridine rings is 2. The van der Waals surface area contributed by atoms with E-state index in [2.05, 4.69) is 165 Å². The van der Waals surface area contributed by atoms with Gasteiger partial charge >= 0.3 is 0 Å². The van der Waals surface area contributed by atoms with Crippen molar-refractivity contribution in [3.8, 4) is 50.2 Å². The minimum absolute atomic E-state index is 0.815. The van der Waals surface area contributed by atoms with Gasteiger partial charge < -0.3 is 9.47 Å². The van der Waals surface area contributed by atoms with Gasteiger partial charge in [0.1, 0.15) is 0 Å². The summed E-state index contributed by atoms with van der Waals surface area (Å²) in [6.07, 6.45) is 7.53. The van der Waals surface area contributed by atoms with Crippen molar-refractivity contribution in [1.29, 1.82) is 0 Å². The van der Waals surface area contributed by atoms with Gasteiger partial charge in [0.25, 0.3) is 0 Å². The predicted molar refractivity (Wildman–Crippen MR) is 214 cm³/mol. The standard InChI is InChI=1S/C48H34N4/c1-2-12-41(13-3-1)51-31-36-19-18-33(38-24-39(34-10-8-22-49-29-34)26-40(25-38)35-11-9-23-50-30-35)27-45(36)46-28-42(21-20-37(46)32-51)52-47-16-6-4-14-43(47)44-15-5-7-17-48(44)52/h1-30H,31-32H2. The molecule has 9 aromatic rings. The molecule has 0 bridgehead atoms. The van der Waals surface area contributed by atoms with Crippen LogP contribution in [0.15, 0.2) is 183 Å². The average molecular weight is 667 g/mol. The molecule has 0 fully saturated rings. The summed E-state index contributed by atoms with van der Waals surface area (Å²) in [6, 6.07) is 57.4. The molecule has 3 aromatic heterocycles. The van der Waals surface area contributed by atoms with E-state index in [0.717, 1.165) is 46.6 Å². The van der Waals surface area contributed by atoms with Crippen molar-refractivity contribution in [3.63, 3.8) is 0 Å². The summed E-state index contributed by atoms with van der Waals surface area (Å²) >= 11 is 0. The molecular formula is C48H34N4. The zero-order valence-corrected chi connectivity index (χ0v) is 28.5. The summed E-state index contributed by atoms with van der Waals surface area (Å²) in [4.78, 5) is 11.4. The van der Waals surface area contributed by atoms with Crippen LogP contribution in [0.25, 0.3) is 72.0 Å². The fraction of sp³-hybridized carbons (Fsp3) is 0.0417. The first-order valence-electron chi connectivity index (χ1n) is 17.8. The van der Waals surface area contributed by atoms with Crippen LogP contribution in [0.1, 0.15) is 11.1 Å². The molecule has 0 spiro atoms. The molecule has 1 aliphatic heterocycles. The lowest BCUT2D eigenvalue weighted by Gasteiger charge is -2.24. The fourth-order valence-electron chi connectivity index (χ4n) is 7.92. The van der Waals surface area contributed by atoms with E-state index in [1.807, 2.05) is 36.9 Å². The monoisotopic (exact) mass is 666 g/mol. The number of hydrogen-bond acceptors (Lipinski definition) is 3. The van der Waals surface area contributed by atoms with Gasteiger partial charge in [-0.25, -0.2) is 0 Å². The van der Waals surface area contributed by atoms with E-state index < -0.39 is 0 Å². The molecule has 0 saturated heterocycles. The van der Waals surface area contributed by atoms with Crippen LogP contribution in [0, 0.1) is 0 Å². The molecule has 246 valence electrons. The van der Waals surface area contributed by atoms with Gasteiger partial charge in [-0.3, -0.25) is 9.97 Å². The molecule has 0 saturated carbocycles. The molecule has 1 aliphatic rings. The second-order valence-corrected chi connectivity index (χ2v) is 13.6. The van der Waals surface area contributed by atoms with Crippen molar-refractivity contribution in [3.05, 3.63) is 194 Å². The fourth-order valence-corrected chi connectivity index (χ4v) is 7.92. The van der Waals surface area contributed by atoms with Crippen LogP contribution in [-0.2, 0) is 13.1 Å². The Bertz CT molecular complexity index is 2620. The van der Waals surface area contributed by atoms with Crippen LogP contribution in [0.4, 0.5) is 5.69 Å². The second kappa shape index (κ2) is 12.5. The number of benzene rings is 6. The highest BCUT2D eigenvalue weighted by molar-refractivity contribution is 6.09. The Kier molecular flexibility index (Phi) is 7.24. The number of rotatable bonds is 5. The highest BCUT2D eigenvalue weighted by Crippen LogP contribution is 2.41. The Hall–Kier alpha value is -6.78. The van der Waals surface area contributed by atoms with Gasteiger partial charge in [-0.05, 0) is 117 Å². The normalized spacial score (nSPS) is 12.4. The molecule has 4 nitrogen and oxygen atoms in total. The lowest BCUT2D eigenvalue weighted by atomic mass is 9.90. The first-order chi connectivity index (χ1) is 25.8. The quantitative estimate of drug-likeness (QED) is 0.183. The van der Waals surface area contributed by atoms with Gasteiger partial charge in [-0.2, -0.15) is 0 Å². The number of anilines is 1. The molecule has 0 unspecified atom stereocenters. The molecule has 4 heteroatoms. The van der Waals surface area contributed by atoms with Gasteiger partial charge in [0, 0.05) is 71.2 Å². The van der Waals surface area contributed by atoms with Crippen molar-refractivity contribution < 1.29 is 0 Å².